The van der Waals surface area contributed by atoms with Gasteiger partial charge in [-0.3, -0.25) is 0 Å². The van der Waals surface area contributed by atoms with Gasteiger partial charge in [0, 0.05) is 0 Å². The highest BCUT2D eigenvalue weighted by atomic mass is 14.0. The molecule has 0 nitrogen and oxygen atoms in total. The molecule has 0 aliphatic carbocycles. The van der Waals surface area contributed by atoms with E-state index in [0.29, 0.717) is 0 Å². The first-order chi connectivity index (χ1) is 4.66. The molecule has 57 valence electrons. The van der Waals surface area contributed by atoms with Gasteiger partial charge in [0.05, 0.1) is 0 Å². The van der Waals surface area contributed by atoms with E-state index < -0.39 is 0 Å². The highest BCUT2D eigenvalue weighted by Crippen LogP contribution is 2.08. The van der Waals surface area contributed by atoms with Crippen LogP contribution in [0.3, 0.4) is 0 Å². The Labute approximate surface area is 64.6 Å². The summed E-state index contributed by atoms with van der Waals surface area (Å²) >= 11 is 0. The zero-order valence-corrected chi connectivity index (χ0v) is 7.28. The van der Waals surface area contributed by atoms with E-state index in [1.165, 1.54) is 17.9 Å². The van der Waals surface area contributed by atoms with Crippen molar-refractivity contribution in [2.45, 2.75) is 33.6 Å². The summed E-state index contributed by atoms with van der Waals surface area (Å²) in [6.45, 7) is 10.1. The van der Waals surface area contributed by atoms with Crippen LogP contribution < -0.4 is 0 Å². The first-order valence-corrected chi connectivity index (χ1v) is 3.75. The van der Waals surface area contributed by atoms with Gasteiger partial charge in [0.1, 0.15) is 0 Å². The second kappa shape index (κ2) is 5.28. The molecule has 0 aromatic carbocycles. The minimum absolute atomic E-state index is 1.15. The molecule has 0 unspecified atom stereocenters. The Hall–Kier alpha value is -0.520. The summed E-state index contributed by atoms with van der Waals surface area (Å²) in [5.41, 5.74) is 1.28. The van der Waals surface area contributed by atoms with Crippen molar-refractivity contribution in [3.63, 3.8) is 0 Å². The van der Waals surface area contributed by atoms with Crippen molar-refractivity contribution >= 4 is 0 Å². The van der Waals surface area contributed by atoms with Gasteiger partial charge in [-0.1, -0.05) is 38.2 Å². The van der Waals surface area contributed by atoms with Crippen molar-refractivity contribution in [1.29, 1.82) is 0 Å². The fourth-order valence-corrected chi connectivity index (χ4v) is 0.672. The van der Waals surface area contributed by atoms with Crippen molar-refractivity contribution in [3.05, 3.63) is 30.2 Å². The van der Waals surface area contributed by atoms with Gasteiger partial charge in [-0.2, -0.15) is 0 Å². The topological polar surface area (TPSA) is 0 Å². The number of rotatable bonds is 4. The molecule has 0 amide bonds. The fourth-order valence-electron chi connectivity index (χ4n) is 0.672. The van der Waals surface area contributed by atoms with Gasteiger partial charge in [0.25, 0.3) is 0 Å². The van der Waals surface area contributed by atoms with E-state index in [4.69, 9.17) is 0 Å². The Bertz CT molecular complexity index is 118. The molecule has 0 heterocycles. The Kier molecular flexibility index (Phi) is 5.00. The normalized spacial score (nSPS) is 12.2. The van der Waals surface area contributed by atoms with Crippen molar-refractivity contribution in [3.8, 4) is 0 Å². The molecule has 0 saturated carbocycles. The number of hydrogen-bond donors (Lipinski definition) is 0. The van der Waals surface area contributed by atoms with Crippen LogP contribution in [0.25, 0.3) is 0 Å². The van der Waals surface area contributed by atoms with Crippen LogP contribution in [0.1, 0.15) is 33.6 Å². The Morgan fingerprint density at radius 1 is 1.30 bits per heavy atom. The Balaban J connectivity index is 3.43. The molecule has 0 heteroatoms. The van der Waals surface area contributed by atoms with Crippen LogP contribution >= 0.6 is 0 Å². The molecule has 0 aromatic heterocycles. The number of hydrogen-bond acceptors (Lipinski definition) is 0. The van der Waals surface area contributed by atoms with Gasteiger partial charge in [-0.15, -0.1) is 0 Å². The minimum atomic E-state index is 1.15. The van der Waals surface area contributed by atoms with Crippen LogP contribution in [0.15, 0.2) is 24.3 Å². The van der Waals surface area contributed by atoms with E-state index in [1.54, 1.807) is 0 Å². The summed E-state index contributed by atoms with van der Waals surface area (Å²) in [7, 11) is 0. The van der Waals surface area contributed by atoms with Crippen LogP contribution in [0.5, 0.6) is 0 Å². The first-order valence-electron chi connectivity index (χ1n) is 3.75. The number of allylic oxidation sites excluding steroid dienone is 3. The van der Waals surface area contributed by atoms with Gasteiger partial charge in [0.2, 0.25) is 0 Å². The van der Waals surface area contributed by atoms with Crippen molar-refractivity contribution < 1.29 is 0 Å². The average Bonchev–Trinajstić information content (AvgIpc) is 1.87. The van der Waals surface area contributed by atoms with Crippen LogP contribution in [0.4, 0.5) is 0 Å². The lowest BCUT2D eigenvalue weighted by atomic mass is 10.1. The second-order valence-electron chi connectivity index (χ2n) is 2.90. The van der Waals surface area contributed by atoms with E-state index in [1.807, 2.05) is 6.08 Å². The van der Waals surface area contributed by atoms with Gasteiger partial charge in [-0.25, -0.2) is 0 Å². The standard InChI is InChI=1S/C10H17/c1-5-10(4)8-6-7-9(2)3/h5,8H,1,6-7H2,2-4H3/b10-8+. The Morgan fingerprint density at radius 3 is 2.30 bits per heavy atom. The molecule has 0 rings (SSSR count). The van der Waals surface area contributed by atoms with E-state index in [-0.39, 0.29) is 0 Å². The fraction of sp³-hybridized carbons (Fsp3) is 0.500. The summed E-state index contributed by atoms with van der Waals surface area (Å²) in [6, 6.07) is 0. The predicted octanol–water partition coefficient (Wildman–Crippen LogP) is 3.51. The average molecular weight is 137 g/mol. The molecule has 1 radical (unpaired) electrons. The van der Waals surface area contributed by atoms with Crippen LogP contribution in [0.2, 0.25) is 0 Å². The third-order valence-corrected chi connectivity index (χ3v) is 1.43. The highest BCUT2D eigenvalue weighted by molar-refractivity contribution is 5.12. The van der Waals surface area contributed by atoms with Crippen molar-refractivity contribution in [1.82, 2.24) is 0 Å². The molecule has 0 aliphatic heterocycles. The molecule has 0 N–H and O–H groups in total. The van der Waals surface area contributed by atoms with E-state index in [2.05, 4.69) is 33.4 Å². The van der Waals surface area contributed by atoms with E-state index in [9.17, 15) is 0 Å². The second-order valence-corrected chi connectivity index (χ2v) is 2.90. The smallest absolute Gasteiger partial charge is 0.0300 e. The lowest BCUT2D eigenvalue weighted by molar-refractivity contribution is 0.849. The van der Waals surface area contributed by atoms with Crippen LogP contribution in [0, 0.1) is 5.92 Å². The Morgan fingerprint density at radius 2 is 1.90 bits per heavy atom. The quantitative estimate of drug-likeness (QED) is 0.520. The minimum Gasteiger partial charge on any atom is -0.0988 e. The van der Waals surface area contributed by atoms with E-state index in [0.717, 1.165) is 6.42 Å². The third-order valence-electron chi connectivity index (χ3n) is 1.43. The van der Waals surface area contributed by atoms with Gasteiger partial charge < -0.3 is 0 Å². The molecular weight excluding hydrogens is 120 g/mol. The predicted molar refractivity (Wildman–Crippen MR) is 47.8 cm³/mol. The van der Waals surface area contributed by atoms with Gasteiger partial charge >= 0.3 is 0 Å². The maximum Gasteiger partial charge on any atom is -0.0300 e. The largest absolute Gasteiger partial charge is 0.0988 e. The maximum absolute atomic E-state index is 3.68. The van der Waals surface area contributed by atoms with Crippen LogP contribution in [-0.4, -0.2) is 0 Å². The monoisotopic (exact) mass is 137 g/mol. The molecule has 0 aliphatic rings. The lowest BCUT2D eigenvalue weighted by Crippen LogP contribution is -1.81. The van der Waals surface area contributed by atoms with Crippen molar-refractivity contribution in [2.24, 2.45) is 0 Å². The zero-order valence-electron chi connectivity index (χ0n) is 7.28. The molecule has 0 saturated heterocycles. The van der Waals surface area contributed by atoms with E-state index >= 15 is 0 Å². The lowest BCUT2D eigenvalue weighted by Gasteiger charge is -1.98. The first kappa shape index (κ1) is 9.48. The molecule has 0 aromatic rings. The maximum atomic E-state index is 3.68. The van der Waals surface area contributed by atoms with Gasteiger partial charge in [0.15, 0.2) is 0 Å². The molecule has 0 fully saturated rings. The summed E-state index contributed by atoms with van der Waals surface area (Å²) < 4.78 is 0. The third kappa shape index (κ3) is 5.61. The summed E-state index contributed by atoms with van der Waals surface area (Å²) in [6.07, 6.45) is 6.47. The summed E-state index contributed by atoms with van der Waals surface area (Å²) in [5, 5.41) is 0. The SMILES string of the molecule is C=C/C(C)=C/CC[C](C)C. The zero-order chi connectivity index (χ0) is 7.98. The summed E-state index contributed by atoms with van der Waals surface area (Å²) in [5.74, 6) is 1.49. The summed E-state index contributed by atoms with van der Waals surface area (Å²) in [4.78, 5) is 0. The van der Waals surface area contributed by atoms with Crippen LogP contribution in [-0.2, 0) is 0 Å². The van der Waals surface area contributed by atoms with Gasteiger partial charge in [-0.05, 0) is 25.7 Å². The molecule has 10 heavy (non-hydrogen) atoms. The molecule has 0 bridgehead atoms. The molecule has 0 spiro atoms. The molecular formula is C10H17. The molecule has 0 atom stereocenters. The van der Waals surface area contributed by atoms with Crippen molar-refractivity contribution in [2.75, 3.05) is 0 Å². The highest BCUT2D eigenvalue weighted by Gasteiger charge is 1.90.